The van der Waals surface area contributed by atoms with Crippen molar-refractivity contribution in [3.05, 3.63) is 0 Å². The first-order valence-corrected chi connectivity index (χ1v) is 7.22. The van der Waals surface area contributed by atoms with E-state index in [9.17, 15) is 4.79 Å². The molecule has 1 rings (SSSR count). The highest BCUT2D eigenvalue weighted by atomic mass is 16.4. The van der Waals surface area contributed by atoms with Crippen molar-refractivity contribution in [3.63, 3.8) is 0 Å². The van der Waals surface area contributed by atoms with Gasteiger partial charge in [-0.2, -0.15) is 0 Å². The number of nitrogens with zero attached hydrogens (tertiary/aromatic N) is 1. The van der Waals surface area contributed by atoms with Crippen LogP contribution >= 0.6 is 0 Å². The highest BCUT2D eigenvalue weighted by Gasteiger charge is 2.08. The van der Waals surface area contributed by atoms with Gasteiger partial charge in [0.25, 0.3) is 0 Å². The molecule has 0 radical (unpaired) electrons. The van der Waals surface area contributed by atoms with E-state index in [1.165, 1.54) is 38.9 Å². The molecule has 108 valence electrons. The Morgan fingerprint density at radius 2 is 1.72 bits per heavy atom. The molecule has 0 saturated carbocycles. The minimum Gasteiger partial charge on any atom is -0.481 e. The molecule has 0 aromatic carbocycles. The number of nitrogens with two attached hydrogens (primary N) is 1. The molecular weight excluding hydrogens is 228 g/mol. The van der Waals surface area contributed by atoms with Crippen LogP contribution < -0.4 is 5.73 Å². The third-order valence-corrected chi connectivity index (χ3v) is 2.81. The van der Waals surface area contributed by atoms with Crippen molar-refractivity contribution in [1.82, 2.24) is 4.90 Å². The lowest BCUT2D eigenvalue weighted by Crippen LogP contribution is -2.30. The van der Waals surface area contributed by atoms with Gasteiger partial charge in [0.1, 0.15) is 0 Å². The van der Waals surface area contributed by atoms with E-state index in [4.69, 9.17) is 10.8 Å². The van der Waals surface area contributed by atoms with Gasteiger partial charge in [-0.05, 0) is 51.4 Å². The molecule has 0 aromatic rings. The van der Waals surface area contributed by atoms with Gasteiger partial charge in [-0.1, -0.05) is 26.7 Å². The predicted molar refractivity (Wildman–Crippen MR) is 75.7 cm³/mol. The van der Waals surface area contributed by atoms with Crippen molar-refractivity contribution >= 4 is 5.97 Å². The van der Waals surface area contributed by atoms with Crippen LogP contribution in [0.1, 0.15) is 58.8 Å². The van der Waals surface area contributed by atoms with Gasteiger partial charge >= 0.3 is 5.97 Å². The summed E-state index contributed by atoms with van der Waals surface area (Å²) in [4.78, 5) is 12.8. The fraction of sp³-hybridized carbons (Fsp3) is 0.929. The van der Waals surface area contributed by atoms with E-state index in [0.717, 1.165) is 19.3 Å². The second kappa shape index (κ2) is 11.5. The molecule has 0 aliphatic carbocycles. The number of carboxylic acids is 1. The summed E-state index contributed by atoms with van der Waals surface area (Å²) in [7, 11) is 0. The third-order valence-electron chi connectivity index (χ3n) is 2.81. The van der Waals surface area contributed by atoms with E-state index in [2.05, 4.69) is 4.90 Å². The van der Waals surface area contributed by atoms with Crippen LogP contribution in [-0.4, -0.2) is 41.7 Å². The number of carbonyl (C=O) groups is 1. The topological polar surface area (TPSA) is 66.6 Å². The second-order valence-corrected chi connectivity index (χ2v) is 5.35. The van der Waals surface area contributed by atoms with Crippen LogP contribution in [0.3, 0.4) is 0 Å². The van der Waals surface area contributed by atoms with Crippen LogP contribution in [0.5, 0.6) is 0 Å². The van der Waals surface area contributed by atoms with Gasteiger partial charge in [-0.25, -0.2) is 0 Å². The zero-order valence-corrected chi connectivity index (χ0v) is 12.0. The highest BCUT2D eigenvalue weighted by molar-refractivity contribution is 5.66. The highest BCUT2D eigenvalue weighted by Crippen LogP contribution is 2.10. The molecule has 1 heterocycles. The average Bonchev–Trinajstić information content (AvgIpc) is 2.29. The van der Waals surface area contributed by atoms with E-state index in [-0.39, 0.29) is 0 Å². The van der Waals surface area contributed by atoms with Gasteiger partial charge < -0.3 is 15.7 Å². The molecule has 1 aliphatic rings. The first-order chi connectivity index (χ1) is 8.52. The molecule has 4 heteroatoms. The van der Waals surface area contributed by atoms with Crippen molar-refractivity contribution in [2.24, 2.45) is 5.73 Å². The Bertz CT molecular complexity index is 199. The summed E-state index contributed by atoms with van der Waals surface area (Å²) in [5.74, 6) is -0.664. The van der Waals surface area contributed by atoms with E-state index < -0.39 is 5.97 Å². The lowest BCUT2D eigenvalue weighted by molar-refractivity contribution is -0.137. The van der Waals surface area contributed by atoms with Crippen LogP contribution in [0.15, 0.2) is 0 Å². The number of aliphatic carboxylic acids is 1. The smallest absolute Gasteiger partial charge is 0.303 e. The van der Waals surface area contributed by atoms with Crippen molar-refractivity contribution in [3.8, 4) is 0 Å². The normalized spacial score (nSPS) is 16.2. The SMILES string of the molecule is CC(C)N.O=C(O)CCCCCN1CCCCC1. The molecule has 0 aromatic heterocycles. The number of likely N-dealkylation sites (tertiary alicyclic amines) is 1. The lowest BCUT2D eigenvalue weighted by Gasteiger charge is -2.26. The maximum atomic E-state index is 10.3. The summed E-state index contributed by atoms with van der Waals surface area (Å²) in [6.07, 6.45) is 7.46. The largest absolute Gasteiger partial charge is 0.481 e. The Hall–Kier alpha value is -0.610. The summed E-state index contributed by atoms with van der Waals surface area (Å²) in [6, 6.07) is 0.333. The fourth-order valence-corrected chi connectivity index (χ4v) is 1.97. The van der Waals surface area contributed by atoms with E-state index in [1.54, 1.807) is 0 Å². The van der Waals surface area contributed by atoms with Crippen LogP contribution in [0.2, 0.25) is 0 Å². The van der Waals surface area contributed by atoms with Crippen LogP contribution in [0.25, 0.3) is 0 Å². The number of hydrogen-bond acceptors (Lipinski definition) is 3. The molecule has 18 heavy (non-hydrogen) atoms. The van der Waals surface area contributed by atoms with Gasteiger partial charge in [0.2, 0.25) is 0 Å². The first-order valence-electron chi connectivity index (χ1n) is 7.22. The maximum Gasteiger partial charge on any atom is 0.303 e. The first kappa shape index (κ1) is 17.4. The van der Waals surface area contributed by atoms with Crippen LogP contribution in [-0.2, 0) is 4.79 Å². The molecule has 1 fully saturated rings. The minimum atomic E-state index is -0.664. The summed E-state index contributed by atoms with van der Waals surface area (Å²) < 4.78 is 0. The molecule has 0 spiro atoms. The van der Waals surface area contributed by atoms with Crippen molar-refractivity contribution < 1.29 is 9.90 Å². The molecule has 0 bridgehead atoms. The van der Waals surface area contributed by atoms with Gasteiger partial charge in [-0.3, -0.25) is 4.79 Å². The molecular formula is C14H30N2O2. The lowest BCUT2D eigenvalue weighted by atomic mass is 10.1. The molecule has 1 aliphatic heterocycles. The van der Waals surface area contributed by atoms with E-state index in [0.29, 0.717) is 12.5 Å². The minimum absolute atomic E-state index is 0.333. The van der Waals surface area contributed by atoms with Gasteiger partial charge in [0.15, 0.2) is 0 Å². The summed E-state index contributed by atoms with van der Waals surface area (Å²) >= 11 is 0. The zero-order chi connectivity index (χ0) is 13.8. The summed E-state index contributed by atoms with van der Waals surface area (Å²) in [5.41, 5.74) is 5.11. The van der Waals surface area contributed by atoms with Gasteiger partial charge in [0, 0.05) is 6.42 Å². The number of carboxylic acid groups (broad SMARTS) is 1. The molecule has 0 unspecified atom stereocenters. The molecule has 0 atom stereocenters. The van der Waals surface area contributed by atoms with Crippen molar-refractivity contribution in [1.29, 1.82) is 0 Å². The van der Waals surface area contributed by atoms with Gasteiger partial charge in [-0.15, -0.1) is 0 Å². The monoisotopic (exact) mass is 258 g/mol. The molecule has 4 nitrogen and oxygen atoms in total. The molecule has 0 amide bonds. The Morgan fingerprint density at radius 1 is 1.17 bits per heavy atom. The van der Waals surface area contributed by atoms with Crippen LogP contribution in [0.4, 0.5) is 0 Å². The number of unbranched alkanes of at least 4 members (excludes halogenated alkanes) is 2. The number of piperidine rings is 1. The van der Waals surface area contributed by atoms with E-state index in [1.807, 2.05) is 13.8 Å². The van der Waals surface area contributed by atoms with Crippen LogP contribution in [0, 0.1) is 0 Å². The molecule has 3 N–H and O–H groups in total. The standard InChI is InChI=1S/C11H21NO2.C3H9N/c13-11(14)7-3-1-4-8-12-9-5-2-6-10-12;1-3(2)4/h1-10H2,(H,13,14);3H,4H2,1-2H3. The fourth-order valence-electron chi connectivity index (χ4n) is 1.97. The second-order valence-electron chi connectivity index (χ2n) is 5.35. The number of rotatable bonds is 6. The third kappa shape index (κ3) is 13.5. The number of hydrogen-bond donors (Lipinski definition) is 2. The Morgan fingerprint density at radius 3 is 2.22 bits per heavy atom. The van der Waals surface area contributed by atoms with Gasteiger partial charge in [0.05, 0.1) is 0 Å². The Balaban J connectivity index is 0.000000631. The van der Waals surface area contributed by atoms with E-state index >= 15 is 0 Å². The van der Waals surface area contributed by atoms with Crippen molar-refractivity contribution in [2.75, 3.05) is 19.6 Å². The zero-order valence-electron chi connectivity index (χ0n) is 12.0. The molecule has 1 saturated heterocycles. The summed E-state index contributed by atoms with van der Waals surface area (Å²) in [5, 5.41) is 8.45. The average molecular weight is 258 g/mol. The predicted octanol–water partition coefficient (Wildman–Crippen LogP) is 2.47. The maximum absolute atomic E-state index is 10.3. The Labute approximate surface area is 112 Å². The van der Waals surface area contributed by atoms with Crippen molar-refractivity contribution in [2.45, 2.75) is 64.8 Å². The summed E-state index contributed by atoms with van der Waals surface area (Å²) in [6.45, 7) is 7.55. The quantitative estimate of drug-likeness (QED) is 0.718. The Kier molecular flexibility index (Phi) is 11.1.